The average molecular weight is 495 g/mol. The zero-order valence-electron chi connectivity index (χ0n) is 17.7. The summed E-state index contributed by atoms with van der Waals surface area (Å²) in [6.07, 6.45) is 4.43. The molecule has 172 valence electrons. The van der Waals surface area contributed by atoms with E-state index in [9.17, 15) is 18.4 Å². The Balaban J connectivity index is 1.63. The Morgan fingerprint density at radius 3 is 2.56 bits per heavy atom. The maximum atomic E-state index is 13.0. The molecule has 0 spiro atoms. The zero-order valence-corrected chi connectivity index (χ0v) is 19.4. The van der Waals surface area contributed by atoms with Crippen LogP contribution in [-0.4, -0.2) is 43.1 Å². The van der Waals surface area contributed by atoms with Crippen molar-refractivity contribution in [1.29, 1.82) is 5.41 Å². The fourth-order valence-corrected chi connectivity index (χ4v) is 5.42. The van der Waals surface area contributed by atoms with Crippen LogP contribution in [0.2, 0.25) is 0 Å². The van der Waals surface area contributed by atoms with Gasteiger partial charge in [0.1, 0.15) is 10.6 Å². The Hall–Kier alpha value is -3.96. The molecule has 1 aliphatic carbocycles. The number of nitrogens with one attached hydrogen (secondary N) is 2. The lowest BCUT2D eigenvalue weighted by Gasteiger charge is -2.18. The first-order valence-electron chi connectivity index (χ1n) is 9.80. The van der Waals surface area contributed by atoms with Crippen molar-refractivity contribution < 1.29 is 23.2 Å². The fourth-order valence-electron chi connectivity index (χ4n) is 3.23. The molecule has 0 atom stereocenters. The van der Waals surface area contributed by atoms with Crippen LogP contribution < -0.4 is 4.72 Å². The van der Waals surface area contributed by atoms with E-state index in [4.69, 9.17) is 5.41 Å². The van der Waals surface area contributed by atoms with Gasteiger partial charge in [-0.25, -0.2) is 13.2 Å². The number of hydrogen-bond acceptors (Lipinski definition) is 9. The van der Waals surface area contributed by atoms with E-state index in [0.29, 0.717) is 4.91 Å². The molecule has 3 aromatic rings. The molecule has 34 heavy (non-hydrogen) atoms. The third-order valence-electron chi connectivity index (χ3n) is 4.87. The molecule has 0 aliphatic heterocycles. The van der Waals surface area contributed by atoms with Crippen LogP contribution in [0.3, 0.4) is 0 Å². The fraction of sp³-hybridized carbons (Fsp3) is 0.0435. The first kappa shape index (κ1) is 23.2. The summed E-state index contributed by atoms with van der Waals surface area (Å²) in [6.45, 7) is 0. The summed E-state index contributed by atoms with van der Waals surface area (Å²) in [5, 5.41) is 22.0. The molecule has 4 rings (SSSR count). The van der Waals surface area contributed by atoms with Crippen molar-refractivity contribution in [3.8, 4) is 0 Å². The van der Waals surface area contributed by atoms with Gasteiger partial charge in [-0.05, 0) is 48.6 Å². The van der Waals surface area contributed by atoms with E-state index in [1.807, 2.05) is 30.3 Å². The normalized spacial score (nSPS) is 15.1. The van der Waals surface area contributed by atoms with E-state index in [1.165, 1.54) is 55.3 Å². The van der Waals surface area contributed by atoms with Crippen LogP contribution in [0.5, 0.6) is 0 Å². The van der Waals surface area contributed by atoms with Crippen LogP contribution >= 0.6 is 11.8 Å². The molecule has 1 aromatic heterocycles. The second-order valence-corrected chi connectivity index (χ2v) is 9.73. The maximum absolute atomic E-state index is 13.0. The molecule has 0 saturated carbocycles. The molecule has 9 nitrogen and oxygen atoms in total. The topological polar surface area (TPSA) is 142 Å². The summed E-state index contributed by atoms with van der Waals surface area (Å²) in [5.74, 6) is -0.552. The van der Waals surface area contributed by atoms with E-state index < -0.39 is 21.7 Å². The van der Waals surface area contributed by atoms with Gasteiger partial charge >= 0.3 is 5.97 Å². The number of para-hydroxylation sites is 1. The standard InChI is InChI=1S/C23H18N4O5S2/c1-32-23(28)15-7-9-16(10-8-15)27-34(30,31)19-12-11-17(20(24)22(19)26-29)33-18-6-2-4-14-5-3-13-25-21(14)18/h2-13,24,27,29H,1H3/b24-20?,26-22-. The highest BCUT2D eigenvalue weighted by molar-refractivity contribution is 8.04. The summed E-state index contributed by atoms with van der Waals surface area (Å²) >= 11 is 1.22. The second-order valence-electron chi connectivity index (χ2n) is 6.99. The SMILES string of the molecule is COC(=O)c1ccc(NS(=O)(=O)C2=CC=C(Sc3cccc4cccnc34)C(=N)/C2=N\O)cc1. The summed E-state index contributed by atoms with van der Waals surface area (Å²) in [5.41, 5.74) is 0.546. The van der Waals surface area contributed by atoms with Gasteiger partial charge < -0.3 is 9.94 Å². The van der Waals surface area contributed by atoms with Gasteiger partial charge in [-0.15, -0.1) is 0 Å². The smallest absolute Gasteiger partial charge is 0.337 e. The van der Waals surface area contributed by atoms with Crippen molar-refractivity contribution in [1.82, 2.24) is 4.98 Å². The minimum atomic E-state index is -4.20. The number of ether oxygens (including phenoxy) is 1. The van der Waals surface area contributed by atoms with Gasteiger partial charge in [-0.1, -0.05) is 35.1 Å². The monoisotopic (exact) mass is 494 g/mol. The second kappa shape index (κ2) is 9.49. The molecule has 0 unspecified atom stereocenters. The van der Waals surface area contributed by atoms with Gasteiger partial charge in [0.25, 0.3) is 10.0 Å². The number of carbonyl (C=O) groups is 1. The molecule has 0 fully saturated rings. The molecule has 2 aromatic carbocycles. The third kappa shape index (κ3) is 4.56. The Kier molecular flexibility index (Phi) is 6.48. The van der Waals surface area contributed by atoms with Crippen molar-refractivity contribution in [3.05, 3.63) is 88.3 Å². The number of esters is 1. The van der Waals surface area contributed by atoms with E-state index in [2.05, 4.69) is 19.6 Å². The number of nitrogens with zero attached hydrogens (tertiary/aromatic N) is 2. The highest BCUT2D eigenvalue weighted by Gasteiger charge is 2.31. The van der Waals surface area contributed by atoms with Crippen LogP contribution in [0.15, 0.2) is 92.8 Å². The number of aromatic nitrogens is 1. The third-order valence-corrected chi connectivity index (χ3v) is 7.39. The Morgan fingerprint density at radius 2 is 1.85 bits per heavy atom. The molecular formula is C23H18N4O5S2. The van der Waals surface area contributed by atoms with Crippen molar-refractivity contribution in [2.75, 3.05) is 11.8 Å². The number of methoxy groups -OCH3 is 1. The Morgan fingerprint density at radius 1 is 1.12 bits per heavy atom. The highest BCUT2D eigenvalue weighted by atomic mass is 32.2. The number of thioether (sulfide) groups is 1. The predicted molar refractivity (Wildman–Crippen MR) is 131 cm³/mol. The molecule has 1 heterocycles. The van der Waals surface area contributed by atoms with Crippen molar-refractivity contribution in [2.24, 2.45) is 5.16 Å². The van der Waals surface area contributed by atoms with Gasteiger partial charge in [-0.2, -0.15) is 0 Å². The van der Waals surface area contributed by atoms with Crippen LogP contribution in [0.4, 0.5) is 5.69 Å². The van der Waals surface area contributed by atoms with E-state index in [0.717, 1.165) is 15.8 Å². The van der Waals surface area contributed by atoms with Crippen molar-refractivity contribution in [2.45, 2.75) is 4.90 Å². The zero-order chi connectivity index (χ0) is 24.3. The molecule has 1 aliphatic rings. The molecule has 3 N–H and O–H groups in total. The van der Waals surface area contributed by atoms with Crippen LogP contribution in [0.1, 0.15) is 10.4 Å². The Labute approximate surface area is 199 Å². The van der Waals surface area contributed by atoms with Crippen LogP contribution in [0, 0.1) is 5.41 Å². The predicted octanol–water partition coefficient (Wildman–Crippen LogP) is 4.19. The quantitative estimate of drug-likeness (QED) is 0.202. The number of benzene rings is 2. The summed E-state index contributed by atoms with van der Waals surface area (Å²) < 4.78 is 32.9. The first-order valence-corrected chi connectivity index (χ1v) is 12.1. The minimum Gasteiger partial charge on any atom is -0.465 e. The van der Waals surface area contributed by atoms with E-state index in [-0.39, 0.29) is 21.9 Å². The van der Waals surface area contributed by atoms with E-state index in [1.54, 1.807) is 6.20 Å². The Bertz CT molecular complexity index is 1490. The first-order chi connectivity index (χ1) is 16.3. The number of fused-ring (bicyclic) bond motifs is 1. The lowest BCUT2D eigenvalue weighted by Crippen LogP contribution is -2.28. The number of anilines is 1. The van der Waals surface area contributed by atoms with Gasteiger partial charge in [0, 0.05) is 27.1 Å². The molecule has 0 amide bonds. The van der Waals surface area contributed by atoms with Gasteiger partial charge in [-0.3, -0.25) is 15.1 Å². The van der Waals surface area contributed by atoms with E-state index >= 15 is 0 Å². The maximum Gasteiger partial charge on any atom is 0.337 e. The lowest BCUT2D eigenvalue weighted by molar-refractivity contribution is 0.0600. The average Bonchev–Trinajstić information content (AvgIpc) is 2.85. The van der Waals surface area contributed by atoms with Crippen molar-refractivity contribution in [3.63, 3.8) is 0 Å². The number of allylic oxidation sites excluding steroid dienone is 4. The summed E-state index contributed by atoms with van der Waals surface area (Å²) in [6, 6.07) is 15.0. The number of oxime groups is 1. The molecular weight excluding hydrogens is 476 g/mol. The van der Waals surface area contributed by atoms with Gasteiger partial charge in [0.05, 0.1) is 23.9 Å². The minimum absolute atomic E-state index is 0.184. The number of pyridine rings is 1. The number of carbonyl (C=O) groups excluding carboxylic acids is 1. The lowest BCUT2D eigenvalue weighted by atomic mass is 10.1. The molecule has 0 radical (unpaired) electrons. The van der Waals surface area contributed by atoms with Crippen LogP contribution in [0.25, 0.3) is 10.9 Å². The number of hydrogen-bond donors (Lipinski definition) is 3. The van der Waals surface area contributed by atoms with Gasteiger partial charge in [0.2, 0.25) is 0 Å². The summed E-state index contributed by atoms with van der Waals surface area (Å²) in [7, 11) is -2.96. The summed E-state index contributed by atoms with van der Waals surface area (Å²) in [4.78, 5) is 16.8. The molecule has 11 heteroatoms. The molecule has 0 bridgehead atoms. The highest BCUT2D eigenvalue weighted by Crippen LogP contribution is 2.35. The number of sulfonamides is 1. The number of rotatable bonds is 6. The van der Waals surface area contributed by atoms with Crippen molar-refractivity contribution >= 4 is 55.8 Å². The largest absolute Gasteiger partial charge is 0.465 e. The van der Waals surface area contributed by atoms with Crippen LogP contribution in [-0.2, 0) is 14.8 Å². The van der Waals surface area contributed by atoms with Gasteiger partial charge in [0.15, 0.2) is 0 Å². The molecule has 0 saturated heterocycles.